The largest absolute Gasteiger partial charge is 0.508 e. The number of likely N-dealkylation sites (tertiary alicyclic amines) is 1. The van der Waals surface area contributed by atoms with Crippen molar-refractivity contribution in [1.29, 1.82) is 0 Å². The molecule has 1 amide bonds. The second-order valence-corrected chi connectivity index (χ2v) is 9.74. The van der Waals surface area contributed by atoms with Gasteiger partial charge in [0.1, 0.15) is 23.2 Å². The summed E-state index contributed by atoms with van der Waals surface area (Å²) in [6.07, 6.45) is 0. The van der Waals surface area contributed by atoms with Crippen LogP contribution in [0, 0.1) is 28.8 Å². The zero-order valence-corrected chi connectivity index (χ0v) is 19.6. The number of aromatic hydroxyl groups is 1. The van der Waals surface area contributed by atoms with Gasteiger partial charge in [0.05, 0.1) is 0 Å². The average molecular weight is 517 g/mol. The van der Waals surface area contributed by atoms with Crippen molar-refractivity contribution in [2.75, 3.05) is 42.9 Å². The summed E-state index contributed by atoms with van der Waals surface area (Å²) >= 11 is 0. The Bertz CT molecular complexity index is 1270. The van der Waals surface area contributed by atoms with Crippen LogP contribution in [0.3, 0.4) is 0 Å². The Morgan fingerprint density at radius 1 is 0.919 bits per heavy atom. The van der Waals surface area contributed by atoms with Crippen LogP contribution in [0.15, 0.2) is 66.7 Å². The Morgan fingerprint density at radius 3 is 2.16 bits per heavy atom. The smallest absolute Gasteiger partial charge is 0.349 e. The molecule has 2 aliphatic heterocycles. The number of hydrogen-bond acceptors (Lipinski definition) is 4. The molecule has 2 saturated heterocycles. The molecule has 1 atom stereocenters. The first-order valence-corrected chi connectivity index (χ1v) is 11.7. The molecule has 5 rings (SSSR count). The number of nitrogens with zero attached hydrogens (tertiary/aromatic N) is 2. The number of amides is 1. The predicted octanol–water partition coefficient (Wildman–Crippen LogP) is 4.98. The number of hydrogen-bond donors (Lipinski definition) is 2. The maximum absolute atomic E-state index is 15.1. The van der Waals surface area contributed by atoms with Crippen molar-refractivity contribution in [1.82, 2.24) is 4.90 Å². The molecule has 2 N–H and O–H groups in total. The van der Waals surface area contributed by atoms with Gasteiger partial charge in [0.15, 0.2) is 0 Å². The van der Waals surface area contributed by atoms with E-state index < -0.39 is 40.3 Å². The third-order valence-electron chi connectivity index (χ3n) is 7.22. The lowest BCUT2D eigenvalue weighted by Crippen LogP contribution is -2.61. The van der Waals surface area contributed by atoms with E-state index in [1.807, 2.05) is 0 Å². The molecule has 0 bridgehead atoms. The van der Waals surface area contributed by atoms with Gasteiger partial charge in [-0.1, -0.05) is 0 Å². The minimum Gasteiger partial charge on any atom is -0.508 e. The van der Waals surface area contributed by atoms with Crippen LogP contribution in [-0.4, -0.2) is 48.6 Å². The number of carbonyl (C=O) groups is 1. The van der Waals surface area contributed by atoms with Gasteiger partial charge in [-0.05, 0) is 60.7 Å². The van der Waals surface area contributed by atoms with E-state index in [-0.39, 0.29) is 24.8 Å². The number of phenols is 1. The van der Waals surface area contributed by atoms with Crippen molar-refractivity contribution in [3.05, 3.63) is 89.7 Å². The second-order valence-electron chi connectivity index (χ2n) is 9.74. The number of alkyl halides is 2. The van der Waals surface area contributed by atoms with Crippen molar-refractivity contribution in [2.45, 2.75) is 5.92 Å². The van der Waals surface area contributed by atoms with E-state index in [9.17, 15) is 23.1 Å². The molecule has 194 valence electrons. The summed E-state index contributed by atoms with van der Waals surface area (Å²) < 4.78 is 71.1. The highest BCUT2D eigenvalue weighted by molar-refractivity contribution is 5.85. The van der Waals surface area contributed by atoms with Crippen LogP contribution in [0.4, 0.5) is 33.3 Å². The van der Waals surface area contributed by atoms with Crippen LogP contribution >= 0.6 is 0 Å². The Kier molecular flexibility index (Phi) is 6.21. The maximum atomic E-state index is 15.1. The fourth-order valence-corrected chi connectivity index (χ4v) is 5.25. The van der Waals surface area contributed by atoms with Gasteiger partial charge >= 0.3 is 5.92 Å². The highest BCUT2D eigenvalue weighted by Crippen LogP contribution is 2.47. The van der Waals surface area contributed by atoms with Crippen LogP contribution in [0.1, 0.15) is 5.56 Å². The minimum atomic E-state index is -3.80. The van der Waals surface area contributed by atoms with Crippen molar-refractivity contribution >= 4 is 17.3 Å². The normalized spacial score (nSPS) is 18.7. The number of anilines is 2. The van der Waals surface area contributed by atoms with Crippen LogP contribution in [0.25, 0.3) is 0 Å². The fraction of sp³-hybridized carbons (Fsp3) is 0.296. The molecule has 0 saturated carbocycles. The number of nitrogens with one attached hydrogen (secondary N) is 1. The number of carbonyl (C=O) groups excluding carboxylic acids is 1. The Morgan fingerprint density at radius 2 is 1.54 bits per heavy atom. The highest BCUT2D eigenvalue weighted by Gasteiger charge is 2.57. The Balaban J connectivity index is 1.36. The van der Waals surface area contributed by atoms with Crippen molar-refractivity contribution < 1.29 is 31.9 Å². The summed E-state index contributed by atoms with van der Waals surface area (Å²) in [7, 11) is 0. The summed E-state index contributed by atoms with van der Waals surface area (Å²) in [6.45, 7) is 1.06. The third kappa shape index (κ3) is 4.80. The van der Waals surface area contributed by atoms with Crippen LogP contribution in [0.2, 0.25) is 0 Å². The summed E-state index contributed by atoms with van der Waals surface area (Å²) in [5.74, 6) is -7.44. The number of rotatable bonds is 6. The van der Waals surface area contributed by atoms with E-state index in [1.165, 1.54) is 24.3 Å². The first-order chi connectivity index (χ1) is 17.6. The molecule has 2 aliphatic rings. The lowest BCUT2D eigenvalue weighted by Gasteiger charge is -2.52. The molecule has 0 radical (unpaired) electrons. The molecule has 0 aromatic heterocycles. The van der Waals surface area contributed by atoms with Crippen molar-refractivity contribution in [3.63, 3.8) is 0 Å². The fourth-order valence-electron chi connectivity index (χ4n) is 5.25. The Hall–Kier alpha value is -3.82. The molecule has 2 heterocycles. The van der Waals surface area contributed by atoms with Crippen molar-refractivity contribution in [2.24, 2.45) is 11.3 Å². The zero-order chi connectivity index (χ0) is 26.4. The lowest BCUT2D eigenvalue weighted by atomic mass is 9.71. The van der Waals surface area contributed by atoms with Crippen LogP contribution < -0.4 is 10.2 Å². The van der Waals surface area contributed by atoms with E-state index in [1.54, 1.807) is 17.0 Å². The van der Waals surface area contributed by atoms with Gasteiger partial charge in [-0.3, -0.25) is 4.79 Å². The molecule has 1 spiro atoms. The van der Waals surface area contributed by atoms with E-state index in [4.69, 9.17) is 0 Å². The number of phenolic OH excluding ortho intramolecular Hbond substituents is 1. The number of benzene rings is 3. The monoisotopic (exact) mass is 517 g/mol. The molecule has 2 fully saturated rings. The number of halogens is 5. The van der Waals surface area contributed by atoms with Gasteiger partial charge in [-0.15, -0.1) is 0 Å². The average Bonchev–Trinajstić information content (AvgIpc) is 3.22. The maximum Gasteiger partial charge on any atom is 0.349 e. The minimum absolute atomic E-state index is 0.0452. The summed E-state index contributed by atoms with van der Waals surface area (Å²) in [6, 6.07) is 13.1. The van der Waals surface area contributed by atoms with Gasteiger partial charge in [0, 0.05) is 67.1 Å². The quantitative estimate of drug-likeness (QED) is 0.453. The van der Waals surface area contributed by atoms with E-state index >= 15 is 8.78 Å². The molecule has 5 nitrogen and oxygen atoms in total. The molecule has 0 aliphatic carbocycles. The molecule has 1 unspecified atom stereocenters. The molecule has 3 aromatic carbocycles. The Labute approximate surface area is 210 Å². The van der Waals surface area contributed by atoms with Gasteiger partial charge in [0.2, 0.25) is 0 Å². The van der Waals surface area contributed by atoms with Crippen LogP contribution in [0.5, 0.6) is 5.75 Å². The van der Waals surface area contributed by atoms with Crippen molar-refractivity contribution in [3.8, 4) is 5.75 Å². The van der Waals surface area contributed by atoms with Gasteiger partial charge in [0.25, 0.3) is 5.91 Å². The molecule has 37 heavy (non-hydrogen) atoms. The van der Waals surface area contributed by atoms with E-state index in [0.29, 0.717) is 31.0 Å². The SMILES string of the molecule is O=C(N1CC(CNc2ccc(F)cc2)C2(C1)CN(c1cc(F)cc(F)c1)C2)C(F)(F)c1ccc(O)cc1. The third-order valence-corrected chi connectivity index (χ3v) is 7.22. The van der Waals surface area contributed by atoms with E-state index in [0.717, 1.165) is 35.2 Å². The zero-order valence-electron chi connectivity index (χ0n) is 19.6. The lowest BCUT2D eigenvalue weighted by molar-refractivity contribution is -0.158. The van der Waals surface area contributed by atoms with Gasteiger partial charge < -0.3 is 20.2 Å². The molecular weight excluding hydrogens is 493 g/mol. The second kappa shape index (κ2) is 9.24. The van der Waals surface area contributed by atoms with E-state index in [2.05, 4.69) is 5.32 Å². The molecule has 3 aromatic rings. The van der Waals surface area contributed by atoms with Gasteiger partial charge in [-0.25, -0.2) is 13.2 Å². The molecule has 10 heteroatoms. The summed E-state index contributed by atoms with van der Waals surface area (Å²) in [5, 5.41) is 12.6. The molecular formula is C27H24F5N3O2. The topological polar surface area (TPSA) is 55.8 Å². The standard InChI is InChI=1S/C27H24F5N3O2/c28-19-3-5-22(6-4-19)33-12-18-13-34(25(37)27(31,32)17-1-7-24(36)8-2-17)14-26(18)15-35(16-26)23-10-20(29)9-21(30)11-23/h1-11,18,33,36H,12-16H2. The van der Waals surface area contributed by atoms with Crippen LogP contribution in [-0.2, 0) is 10.7 Å². The first-order valence-electron chi connectivity index (χ1n) is 11.7. The first kappa shape index (κ1) is 24.9. The summed E-state index contributed by atoms with van der Waals surface area (Å²) in [4.78, 5) is 15.9. The summed E-state index contributed by atoms with van der Waals surface area (Å²) in [5.41, 5.74) is -0.134. The highest BCUT2D eigenvalue weighted by atomic mass is 19.3. The predicted molar refractivity (Wildman–Crippen MR) is 128 cm³/mol. The van der Waals surface area contributed by atoms with Gasteiger partial charge in [-0.2, -0.15) is 8.78 Å².